The van der Waals surface area contributed by atoms with Crippen LogP contribution in [0.1, 0.15) is 41.8 Å². The largest absolute Gasteiger partial charge is 0.508 e. The molecule has 1 saturated heterocycles. The van der Waals surface area contributed by atoms with Crippen LogP contribution in [-0.2, 0) is 0 Å². The topological polar surface area (TPSA) is 74.2 Å². The fourth-order valence-corrected chi connectivity index (χ4v) is 6.21. The third-order valence-corrected chi connectivity index (χ3v) is 8.59. The molecule has 7 heteroatoms. The summed E-state index contributed by atoms with van der Waals surface area (Å²) >= 11 is 0. The van der Waals surface area contributed by atoms with Gasteiger partial charge >= 0.3 is 0 Å². The van der Waals surface area contributed by atoms with Gasteiger partial charge in [0.1, 0.15) is 23.4 Å². The first-order chi connectivity index (χ1) is 20.4. The molecule has 2 N–H and O–H groups in total. The molecule has 0 bridgehead atoms. The van der Waals surface area contributed by atoms with E-state index < -0.39 is 11.9 Å². The number of piperidine rings is 1. The van der Waals surface area contributed by atoms with Crippen LogP contribution in [0.5, 0.6) is 5.75 Å². The molecule has 1 aliphatic rings. The molecule has 6 nitrogen and oxygen atoms in total. The Labute approximate surface area is 242 Å². The van der Waals surface area contributed by atoms with E-state index in [9.17, 15) is 14.3 Å². The van der Waals surface area contributed by atoms with Gasteiger partial charge in [0, 0.05) is 17.1 Å². The molecule has 1 fully saturated rings. The number of imidazole rings is 1. The Morgan fingerprint density at radius 2 is 1.69 bits per heavy atom. The van der Waals surface area contributed by atoms with E-state index in [4.69, 9.17) is 4.98 Å². The lowest BCUT2D eigenvalue weighted by atomic mass is 9.88. The molecule has 0 amide bonds. The number of halogens is 1. The number of pyridine rings is 1. The van der Waals surface area contributed by atoms with Crippen LogP contribution in [-0.4, -0.2) is 44.7 Å². The molecule has 210 valence electrons. The number of nitrogens with one attached hydrogen (secondary N) is 1. The number of H-pyrrole nitrogens is 1. The molecular formula is C35H31FN4O2. The second-order valence-electron chi connectivity index (χ2n) is 11.3. The average molecular weight is 559 g/mol. The van der Waals surface area contributed by atoms with Crippen molar-refractivity contribution in [1.29, 1.82) is 0 Å². The highest BCUT2D eigenvalue weighted by Crippen LogP contribution is 2.34. The molecule has 2 aromatic heterocycles. The van der Waals surface area contributed by atoms with Crippen LogP contribution >= 0.6 is 0 Å². The Morgan fingerprint density at radius 3 is 2.48 bits per heavy atom. The van der Waals surface area contributed by atoms with E-state index >= 15 is 0 Å². The fourth-order valence-electron chi connectivity index (χ4n) is 6.21. The van der Waals surface area contributed by atoms with Crippen LogP contribution in [0.15, 0.2) is 102 Å². The zero-order valence-electron chi connectivity index (χ0n) is 23.3. The highest BCUT2D eigenvalue weighted by atomic mass is 19.1. The summed E-state index contributed by atoms with van der Waals surface area (Å²) in [5.74, 6) is 0.402. The number of aromatic amines is 1. The number of nitrogens with zero attached hydrogens (tertiary/aromatic N) is 3. The SMILES string of the molecule is CN1CCC(c2ccc(-c3ccc4c(=O)n(C(c5nc6ccccc6[nH]5)c5cc(F)ccc5O)ccc4c3)cc2)CC1. The third-order valence-electron chi connectivity index (χ3n) is 8.59. The molecule has 1 unspecified atom stereocenters. The number of para-hydroxylation sites is 2. The highest BCUT2D eigenvalue weighted by molar-refractivity contribution is 5.86. The lowest BCUT2D eigenvalue weighted by Gasteiger charge is -2.29. The summed E-state index contributed by atoms with van der Waals surface area (Å²) < 4.78 is 15.9. The summed E-state index contributed by atoms with van der Waals surface area (Å²) in [7, 11) is 2.18. The Morgan fingerprint density at radius 1 is 0.929 bits per heavy atom. The molecule has 0 spiro atoms. The van der Waals surface area contributed by atoms with Crippen LogP contribution in [0.3, 0.4) is 0 Å². The minimum Gasteiger partial charge on any atom is -0.508 e. The fraction of sp³-hybridized carbons (Fsp3) is 0.200. The molecule has 0 aliphatic carbocycles. The van der Waals surface area contributed by atoms with Gasteiger partial charge in [0.15, 0.2) is 0 Å². The minimum atomic E-state index is -0.864. The zero-order valence-corrected chi connectivity index (χ0v) is 23.3. The number of benzene rings is 4. The maximum absolute atomic E-state index is 14.4. The standard InChI is InChI=1S/C35H31FN4O2/c1-39-17-14-24(15-18-39)22-6-8-23(9-7-22)25-10-12-28-26(20-25)16-19-40(35(28)42)33(29-21-27(36)11-13-32(29)41)34-37-30-4-2-3-5-31(30)38-34/h2-13,16,19-21,24,33,41H,14-15,17-18H2,1H3,(H,37,38). The van der Waals surface area contributed by atoms with Gasteiger partial charge in [0.05, 0.1) is 11.0 Å². The van der Waals surface area contributed by atoms with E-state index in [1.807, 2.05) is 48.5 Å². The Bertz CT molecular complexity index is 1940. The molecule has 4 aromatic carbocycles. The maximum Gasteiger partial charge on any atom is 0.259 e. The van der Waals surface area contributed by atoms with Gasteiger partial charge in [-0.15, -0.1) is 0 Å². The first-order valence-corrected chi connectivity index (χ1v) is 14.3. The van der Waals surface area contributed by atoms with Gasteiger partial charge in [-0.1, -0.05) is 42.5 Å². The van der Waals surface area contributed by atoms with Crippen molar-refractivity contribution in [3.8, 4) is 16.9 Å². The summed E-state index contributed by atoms with van der Waals surface area (Å²) in [4.78, 5) is 24.3. The molecule has 42 heavy (non-hydrogen) atoms. The van der Waals surface area contributed by atoms with Crippen LogP contribution in [0, 0.1) is 5.82 Å². The van der Waals surface area contributed by atoms with Gasteiger partial charge < -0.3 is 19.6 Å². The minimum absolute atomic E-state index is 0.118. The van der Waals surface area contributed by atoms with Crippen LogP contribution < -0.4 is 5.56 Å². The van der Waals surface area contributed by atoms with E-state index in [-0.39, 0.29) is 16.9 Å². The average Bonchev–Trinajstić information content (AvgIpc) is 3.44. The van der Waals surface area contributed by atoms with E-state index in [1.54, 1.807) is 6.20 Å². The van der Waals surface area contributed by atoms with Gasteiger partial charge in [-0.2, -0.15) is 0 Å². The van der Waals surface area contributed by atoms with Crippen molar-refractivity contribution < 1.29 is 9.50 Å². The normalized spacial score (nSPS) is 15.4. The predicted molar refractivity (Wildman–Crippen MR) is 165 cm³/mol. The van der Waals surface area contributed by atoms with E-state index in [0.717, 1.165) is 35.1 Å². The Kier molecular flexibility index (Phi) is 6.59. The van der Waals surface area contributed by atoms with Gasteiger partial charge in [0.25, 0.3) is 5.56 Å². The van der Waals surface area contributed by atoms with Crippen molar-refractivity contribution in [2.45, 2.75) is 24.8 Å². The Balaban J connectivity index is 1.28. The van der Waals surface area contributed by atoms with Gasteiger partial charge in [-0.3, -0.25) is 4.79 Å². The molecule has 0 saturated carbocycles. The number of hydrogen-bond acceptors (Lipinski definition) is 4. The molecule has 1 atom stereocenters. The summed E-state index contributed by atoms with van der Waals surface area (Å²) in [6.45, 7) is 2.26. The lowest BCUT2D eigenvalue weighted by molar-refractivity contribution is 0.255. The number of aromatic nitrogens is 3. The monoisotopic (exact) mass is 558 g/mol. The summed E-state index contributed by atoms with van der Waals surface area (Å²) in [6.07, 6.45) is 4.06. The number of aromatic hydroxyl groups is 1. The van der Waals surface area contributed by atoms with Crippen molar-refractivity contribution in [3.05, 3.63) is 130 Å². The number of hydrogen-bond donors (Lipinski definition) is 2. The van der Waals surface area contributed by atoms with Crippen molar-refractivity contribution in [2.24, 2.45) is 0 Å². The summed E-state index contributed by atoms with van der Waals surface area (Å²) in [6, 6.07) is 26.9. The lowest BCUT2D eigenvalue weighted by Crippen LogP contribution is -2.29. The smallest absolute Gasteiger partial charge is 0.259 e. The molecule has 6 aromatic rings. The number of phenolic OH excluding ortho intramolecular Hbond substituents is 1. The molecule has 7 rings (SSSR count). The van der Waals surface area contributed by atoms with Gasteiger partial charge in [-0.05, 0) is 110 Å². The quantitative estimate of drug-likeness (QED) is 0.243. The van der Waals surface area contributed by atoms with E-state index in [1.165, 1.54) is 41.2 Å². The van der Waals surface area contributed by atoms with Crippen molar-refractivity contribution in [2.75, 3.05) is 20.1 Å². The van der Waals surface area contributed by atoms with Crippen molar-refractivity contribution in [3.63, 3.8) is 0 Å². The summed E-state index contributed by atoms with van der Waals surface area (Å²) in [5.41, 5.74) is 5.01. The highest BCUT2D eigenvalue weighted by Gasteiger charge is 2.25. The first-order valence-electron chi connectivity index (χ1n) is 14.3. The van der Waals surface area contributed by atoms with E-state index in [2.05, 4.69) is 41.2 Å². The predicted octanol–water partition coefficient (Wildman–Crippen LogP) is 6.84. The van der Waals surface area contributed by atoms with Crippen LogP contribution in [0.2, 0.25) is 0 Å². The third kappa shape index (κ3) is 4.76. The zero-order chi connectivity index (χ0) is 28.8. The number of phenols is 1. The number of fused-ring (bicyclic) bond motifs is 2. The van der Waals surface area contributed by atoms with Gasteiger partial charge in [0.2, 0.25) is 0 Å². The van der Waals surface area contributed by atoms with Crippen molar-refractivity contribution >= 4 is 21.8 Å². The van der Waals surface area contributed by atoms with Gasteiger partial charge in [-0.25, -0.2) is 9.37 Å². The molecule has 0 radical (unpaired) electrons. The maximum atomic E-state index is 14.4. The van der Waals surface area contributed by atoms with Crippen molar-refractivity contribution in [1.82, 2.24) is 19.4 Å². The summed E-state index contributed by atoms with van der Waals surface area (Å²) in [5, 5.41) is 12.1. The number of rotatable bonds is 5. The Hall–Kier alpha value is -4.75. The molecule has 1 aliphatic heterocycles. The first kappa shape index (κ1) is 26.2. The second-order valence-corrected chi connectivity index (χ2v) is 11.3. The number of likely N-dealkylation sites (tertiary alicyclic amines) is 1. The molecule has 3 heterocycles. The second kappa shape index (κ2) is 10.6. The van der Waals surface area contributed by atoms with Crippen LogP contribution in [0.25, 0.3) is 32.9 Å². The van der Waals surface area contributed by atoms with E-state index in [0.29, 0.717) is 22.6 Å². The molecular weight excluding hydrogens is 527 g/mol. The van der Waals surface area contributed by atoms with Crippen LogP contribution in [0.4, 0.5) is 4.39 Å².